The summed E-state index contributed by atoms with van der Waals surface area (Å²) in [6, 6.07) is 10.0. The van der Waals surface area contributed by atoms with E-state index >= 15 is 0 Å². The Hall–Kier alpha value is -2.71. The molecule has 0 unspecified atom stereocenters. The summed E-state index contributed by atoms with van der Waals surface area (Å²) in [5.41, 5.74) is 2.44. The number of nitrogens with one attached hydrogen (secondary N) is 2. The number of aromatic nitrogens is 4. The topological polar surface area (TPSA) is 83.6 Å². The zero-order valence-corrected chi connectivity index (χ0v) is 16.7. The van der Waals surface area contributed by atoms with Crippen molar-refractivity contribution in [2.24, 2.45) is 0 Å². The molecule has 0 amide bonds. The van der Waals surface area contributed by atoms with Gasteiger partial charge in [-0.1, -0.05) is 18.2 Å². The number of thioether (sulfide) groups is 1. The molecule has 142 valence electrons. The minimum atomic E-state index is -0.124. The monoisotopic (exact) mass is 409 g/mol. The minimum Gasteiger partial charge on any atom is -0.355 e. The molecule has 3 heterocycles. The first kappa shape index (κ1) is 18.6. The molecule has 0 atom stereocenters. The molecule has 0 bridgehead atoms. The average Bonchev–Trinajstić information content (AvgIpc) is 3.23. The van der Waals surface area contributed by atoms with Crippen LogP contribution in [-0.2, 0) is 12.2 Å². The predicted molar refractivity (Wildman–Crippen MR) is 116 cm³/mol. The van der Waals surface area contributed by atoms with Gasteiger partial charge in [-0.15, -0.1) is 11.3 Å². The van der Waals surface area contributed by atoms with Gasteiger partial charge >= 0.3 is 0 Å². The molecule has 8 heteroatoms. The van der Waals surface area contributed by atoms with Crippen molar-refractivity contribution in [2.45, 2.75) is 12.2 Å². The van der Waals surface area contributed by atoms with Crippen LogP contribution in [-0.4, -0.2) is 32.2 Å². The van der Waals surface area contributed by atoms with Crippen LogP contribution >= 0.6 is 23.1 Å². The van der Waals surface area contributed by atoms with Crippen molar-refractivity contribution in [1.82, 2.24) is 19.9 Å². The third kappa shape index (κ3) is 4.76. The lowest BCUT2D eigenvalue weighted by atomic mass is 10.1. The number of thiazole rings is 1. The Morgan fingerprint density at radius 2 is 2.07 bits per heavy atom. The first-order chi connectivity index (χ1) is 13.8. The van der Waals surface area contributed by atoms with Crippen molar-refractivity contribution < 1.29 is 0 Å². The Bertz CT molecular complexity index is 1110. The predicted octanol–water partition coefficient (Wildman–Crippen LogP) is 3.71. The number of H-pyrrole nitrogens is 1. The fourth-order valence-corrected chi connectivity index (χ4v) is 4.36. The van der Waals surface area contributed by atoms with Crippen LogP contribution in [0.1, 0.15) is 16.1 Å². The lowest BCUT2D eigenvalue weighted by Gasteiger charge is -2.06. The Morgan fingerprint density at radius 3 is 2.93 bits per heavy atom. The van der Waals surface area contributed by atoms with E-state index < -0.39 is 0 Å². The summed E-state index contributed by atoms with van der Waals surface area (Å²) < 4.78 is 0. The summed E-state index contributed by atoms with van der Waals surface area (Å²) in [4.78, 5) is 28.3. The van der Waals surface area contributed by atoms with Crippen LogP contribution in [0.25, 0.3) is 10.9 Å². The number of anilines is 1. The molecule has 1 aromatic carbocycles. The van der Waals surface area contributed by atoms with Crippen LogP contribution in [0, 0.1) is 0 Å². The van der Waals surface area contributed by atoms with E-state index in [1.54, 1.807) is 29.3 Å². The minimum absolute atomic E-state index is 0.124. The number of rotatable bonds is 8. The van der Waals surface area contributed by atoms with E-state index in [1.165, 1.54) is 0 Å². The number of hydrogen-bond donors (Lipinski definition) is 2. The standard InChI is InChI=1S/C20H19N5OS2/c26-19-16(10-14-9-15-3-1-2-4-17(15)23-11-14)12-24-20(25-19)22-5-7-27-13-18-21-6-8-28-18/h1-4,6,8-9,11-12H,5,7,10,13H2,(H2,22,24,25,26). The maximum absolute atomic E-state index is 12.4. The molecule has 4 aromatic rings. The highest BCUT2D eigenvalue weighted by molar-refractivity contribution is 7.98. The zero-order chi connectivity index (χ0) is 19.2. The smallest absolute Gasteiger partial charge is 0.255 e. The highest BCUT2D eigenvalue weighted by atomic mass is 32.2. The number of hydrogen-bond acceptors (Lipinski definition) is 7. The van der Waals surface area contributed by atoms with E-state index in [1.807, 2.05) is 42.0 Å². The van der Waals surface area contributed by atoms with Gasteiger partial charge in [0.2, 0.25) is 5.95 Å². The number of aromatic amines is 1. The Morgan fingerprint density at radius 1 is 1.14 bits per heavy atom. The van der Waals surface area contributed by atoms with Gasteiger partial charge in [0.1, 0.15) is 5.01 Å². The van der Waals surface area contributed by atoms with E-state index in [4.69, 9.17) is 0 Å². The molecule has 0 spiro atoms. The van der Waals surface area contributed by atoms with Gasteiger partial charge in [-0.3, -0.25) is 14.8 Å². The fraction of sp³-hybridized carbons (Fsp3) is 0.200. The van der Waals surface area contributed by atoms with E-state index in [2.05, 4.69) is 31.3 Å². The van der Waals surface area contributed by atoms with Crippen molar-refractivity contribution in [1.29, 1.82) is 0 Å². The van der Waals surface area contributed by atoms with Crippen molar-refractivity contribution in [3.8, 4) is 0 Å². The number of para-hydroxylation sites is 1. The molecule has 0 aliphatic heterocycles. The van der Waals surface area contributed by atoms with Crippen LogP contribution in [0.2, 0.25) is 0 Å². The highest BCUT2D eigenvalue weighted by Gasteiger charge is 2.06. The molecule has 3 aromatic heterocycles. The maximum atomic E-state index is 12.4. The van der Waals surface area contributed by atoms with Gasteiger partial charge < -0.3 is 5.32 Å². The van der Waals surface area contributed by atoms with Gasteiger partial charge in [0.25, 0.3) is 5.56 Å². The van der Waals surface area contributed by atoms with Crippen molar-refractivity contribution >= 4 is 39.9 Å². The summed E-state index contributed by atoms with van der Waals surface area (Å²) in [5, 5.41) is 7.34. The molecule has 0 aliphatic rings. The van der Waals surface area contributed by atoms with Crippen LogP contribution in [0.15, 0.2) is 59.1 Å². The summed E-state index contributed by atoms with van der Waals surface area (Å²) in [7, 11) is 0. The molecule has 28 heavy (non-hydrogen) atoms. The second kappa shape index (κ2) is 8.99. The van der Waals surface area contributed by atoms with Gasteiger partial charge in [0.15, 0.2) is 0 Å². The van der Waals surface area contributed by atoms with Crippen LogP contribution in [0.4, 0.5) is 5.95 Å². The Balaban J connectivity index is 1.32. The normalized spacial score (nSPS) is 11.0. The molecule has 0 fully saturated rings. The third-order valence-electron chi connectivity index (χ3n) is 4.16. The molecule has 0 aliphatic carbocycles. The lowest BCUT2D eigenvalue weighted by molar-refractivity contribution is 1.00. The van der Waals surface area contributed by atoms with E-state index in [0.29, 0.717) is 17.9 Å². The molecule has 4 rings (SSSR count). The summed E-state index contributed by atoms with van der Waals surface area (Å²) in [6.07, 6.45) is 5.78. The van der Waals surface area contributed by atoms with E-state index in [-0.39, 0.29) is 5.56 Å². The quantitative estimate of drug-likeness (QED) is 0.432. The molecule has 6 nitrogen and oxygen atoms in total. The number of pyridine rings is 1. The van der Waals surface area contributed by atoms with E-state index in [0.717, 1.165) is 39.5 Å². The van der Waals surface area contributed by atoms with Crippen LogP contribution in [0.5, 0.6) is 0 Å². The zero-order valence-electron chi connectivity index (χ0n) is 15.1. The molecular weight excluding hydrogens is 390 g/mol. The van der Waals surface area contributed by atoms with Crippen molar-refractivity contribution in [2.75, 3.05) is 17.6 Å². The van der Waals surface area contributed by atoms with Crippen LogP contribution in [0.3, 0.4) is 0 Å². The van der Waals surface area contributed by atoms with Gasteiger partial charge in [-0.2, -0.15) is 11.8 Å². The van der Waals surface area contributed by atoms with E-state index in [9.17, 15) is 4.79 Å². The van der Waals surface area contributed by atoms with Crippen molar-refractivity contribution in [3.05, 3.63) is 80.8 Å². The van der Waals surface area contributed by atoms with Crippen LogP contribution < -0.4 is 10.9 Å². The molecule has 0 radical (unpaired) electrons. The van der Waals surface area contributed by atoms with Gasteiger partial charge in [-0.05, 0) is 17.7 Å². The molecule has 0 saturated heterocycles. The number of nitrogens with zero attached hydrogens (tertiary/aromatic N) is 3. The van der Waals surface area contributed by atoms with Crippen molar-refractivity contribution in [3.63, 3.8) is 0 Å². The number of fused-ring (bicyclic) bond motifs is 1. The third-order valence-corrected chi connectivity index (χ3v) is 6.10. The van der Waals surface area contributed by atoms with Gasteiger partial charge in [0, 0.05) is 59.4 Å². The van der Waals surface area contributed by atoms with Gasteiger partial charge in [-0.25, -0.2) is 9.97 Å². The second-order valence-corrected chi connectivity index (χ2v) is 8.29. The molecular formula is C20H19N5OS2. The average molecular weight is 410 g/mol. The summed E-state index contributed by atoms with van der Waals surface area (Å²) in [5.74, 6) is 2.32. The second-order valence-electron chi connectivity index (χ2n) is 6.20. The van der Waals surface area contributed by atoms with Gasteiger partial charge in [0.05, 0.1) is 5.52 Å². The first-order valence-corrected chi connectivity index (χ1v) is 10.9. The molecule has 0 saturated carbocycles. The molecule has 2 N–H and O–H groups in total. The largest absolute Gasteiger partial charge is 0.355 e. The lowest BCUT2D eigenvalue weighted by Crippen LogP contribution is -2.18. The fourth-order valence-electron chi connectivity index (χ4n) is 2.80. The Kier molecular flexibility index (Phi) is 5.98. The number of benzene rings is 1. The highest BCUT2D eigenvalue weighted by Crippen LogP contribution is 2.15. The summed E-state index contributed by atoms with van der Waals surface area (Å²) >= 11 is 3.46. The Labute approximate surface area is 170 Å². The SMILES string of the molecule is O=c1[nH]c(NCCSCc2nccs2)ncc1Cc1cnc2ccccc2c1. The first-order valence-electron chi connectivity index (χ1n) is 8.90. The maximum Gasteiger partial charge on any atom is 0.255 e. The summed E-state index contributed by atoms with van der Waals surface area (Å²) in [6.45, 7) is 0.729.